The number of hydrogen-bond donors (Lipinski definition) is 1. The van der Waals surface area contributed by atoms with Gasteiger partial charge in [-0.05, 0) is 23.6 Å². The van der Waals surface area contributed by atoms with E-state index in [1.165, 1.54) is 32.6 Å². The van der Waals surface area contributed by atoms with Gasteiger partial charge in [-0.1, -0.05) is 52.3 Å². The molecule has 0 atom stereocenters. The van der Waals surface area contributed by atoms with E-state index in [-0.39, 0.29) is 0 Å². The number of hydrogen-bond acceptors (Lipinski definition) is 0. The SMILES string of the molecule is Brc1cccc2ccc3[nH]c4ccccc4c3c12. The van der Waals surface area contributed by atoms with Gasteiger partial charge in [-0.2, -0.15) is 0 Å². The van der Waals surface area contributed by atoms with E-state index in [0.717, 1.165) is 4.47 Å². The minimum Gasteiger partial charge on any atom is -0.354 e. The molecule has 3 aromatic carbocycles. The molecule has 0 aliphatic heterocycles. The minimum atomic E-state index is 1.15. The lowest BCUT2D eigenvalue weighted by atomic mass is 10.0. The second-order valence-corrected chi connectivity index (χ2v) is 5.35. The predicted molar refractivity (Wildman–Crippen MR) is 81.0 cm³/mol. The molecular weight excluding hydrogens is 286 g/mol. The molecular formula is C16H10BrN. The van der Waals surface area contributed by atoms with Gasteiger partial charge < -0.3 is 4.98 Å². The van der Waals surface area contributed by atoms with Crippen LogP contribution < -0.4 is 0 Å². The van der Waals surface area contributed by atoms with Crippen molar-refractivity contribution >= 4 is 48.5 Å². The fourth-order valence-electron chi connectivity index (χ4n) is 2.67. The maximum absolute atomic E-state index is 3.67. The lowest BCUT2D eigenvalue weighted by Crippen LogP contribution is -1.76. The van der Waals surface area contributed by atoms with E-state index in [1.807, 2.05) is 0 Å². The van der Waals surface area contributed by atoms with Gasteiger partial charge in [-0.25, -0.2) is 0 Å². The van der Waals surface area contributed by atoms with Crippen molar-refractivity contribution in [3.63, 3.8) is 0 Å². The van der Waals surface area contributed by atoms with Gasteiger partial charge in [0.05, 0.1) is 0 Å². The van der Waals surface area contributed by atoms with Crippen LogP contribution in [0.5, 0.6) is 0 Å². The summed E-state index contributed by atoms with van der Waals surface area (Å²) in [5, 5.41) is 5.13. The summed E-state index contributed by atoms with van der Waals surface area (Å²) in [6, 6.07) is 19.1. The Labute approximate surface area is 113 Å². The van der Waals surface area contributed by atoms with Crippen molar-refractivity contribution in [2.75, 3.05) is 0 Å². The maximum Gasteiger partial charge on any atom is 0.0471 e. The molecule has 0 saturated carbocycles. The highest BCUT2D eigenvalue weighted by Gasteiger charge is 2.09. The topological polar surface area (TPSA) is 15.8 Å². The van der Waals surface area contributed by atoms with E-state index >= 15 is 0 Å². The number of halogens is 1. The van der Waals surface area contributed by atoms with E-state index in [2.05, 4.69) is 75.5 Å². The highest BCUT2D eigenvalue weighted by atomic mass is 79.9. The molecule has 0 bridgehead atoms. The molecule has 4 rings (SSSR count). The molecule has 86 valence electrons. The Bertz CT molecular complexity index is 889. The Morgan fingerprint density at radius 3 is 2.56 bits per heavy atom. The summed E-state index contributed by atoms with van der Waals surface area (Å²) in [5.74, 6) is 0. The molecule has 0 aliphatic rings. The molecule has 0 aliphatic carbocycles. The number of nitrogens with one attached hydrogen (secondary N) is 1. The first kappa shape index (κ1) is 10.2. The van der Waals surface area contributed by atoms with Crippen molar-refractivity contribution in [2.45, 2.75) is 0 Å². The van der Waals surface area contributed by atoms with Crippen LogP contribution in [-0.4, -0.2) is 4.98 Å². The molecule has 1 N–H and O–H groups in total. The van der Waals surface area contributed by atoms with Gasteiger partial charge in [-0.3, -0.25) is 0 Å². The van der Waals surface area contributed by atoms with Gasteiger partial charge in [0.1, 0.15) is 0 Å². The number of H-pyrrole nitrogens is 1. The summed E-state index contributed by atoms with van der Waals surface area (Å²) >= 11 is 3.67. The third-order valence-corrected chi connectivity index (χ3v) is 4.12. The third kappa shape index (κ3) is 1.27. The molecule has 0 saturated heterocycles. The first-order valence-electron chi connectivity index (χ1n) is 5.92. The summed E-state index contributed by atoms with van der Waals surface area (Å²) in [5.41, 5.74) is 2.38. The van der Waals surface area contributed by atoms with Crippen molar-refractivity contribution < 1.29 is 0 Å². The van der Waals surface area contributed by atoms with Crippen molar-refractivity contribution in [3.05, 3.63) is 59.1 Å². The van der Waals surface area contributed by atoms with Crippen LogP contribution in [0.25, 0.3) is 32.6 Å². The quantitative estimate of drug-likeness (QED) is 0.457. The van der Waals surface area contributed by atoms with Gasteiger partial charge in [-0.15, -0.1) is 0 Å². The van der Waals surface area contributed by atoms with Crippen molar-refractivity contribution in [1.29, 1.82) is 0 Å². The normalized spacial score (nSPS) is 11.6. The molecule has 1 aromatic heterocycles. The number of fused-ring (bicyclic) bond motifs is 5. The fourth-order valence-corrected chi connectivity index (χ4v) is 3.25. The Morgan fingerprint density at radius 1 is 0.722 bits per heavy atom. The van der Waals surface area contributed by atoms with Crippen LogP contribution in [0.4, 0.5) is 0 Å². The van der Waals surface area contributed by atoms with Crippen LogP contribution >= 0.6 is 15.9 Å². The van der Waals surface area contributed by atoms with Crippen LogP contribution in [-0.2, 0) is 0 Å². The molecule has 2 heteroatoms. The zero-order chi connectivity index (χ0) is 12.1. The zero-order valence-corrected chi connectivity index (χ0v) is 11.2. The van der Waals surface area contributed by atoms with E-state index < -0.39 is 0 Å². The van der Waals surface area contributed by atoms with Gasteiger partial charge in [0, 0.05) is 31.7 Å². The number of rotatable bonds is 0. The average molecular weight is 296 g/mol. The number of para-hydroxylation sites is 1. The summed E-state index contributed by atoms with van der Waals surface area (Å²) in [6.07, 6.45) is 0. The van der Waals surface area contributed by atoms with Gasteiger partial charge in [0.15, 0.2) is 0 Å². The zero-order valence-electron chi connectivity index (χ0n) is 9.57. The van der Waals surface area contributed by atoms with Gasteiger partial charge >= 0.3 is 0 Å². The summed E-state index contributed by atoms with van der Waals surface area (Å²) in [7, 11) is 0. The Morgan fingerprint density at radius 2 is 1.61 bits per heavy atom. The first-order chi connectivity index (χ1) is 8.84. The molecule has 18 heavy (non-hydrogen) atoms. The molecule has 0 amide bonds. The van der Waals surface area contributed by atoms with Crippen LogP contribution in [0.1, 0.15) is 0 Å². The minimum absolute atomic E-state index is 1.15. The second kappa shape index (κ2) is 3.59. The number of aromatic nitrogens is 1. The van der Waals surface area contributed by atoms with Crippen molar-refractivity contribution in [3.8, 4) is 0 Å². The predicted octanol–water partition coefficient (Wildman–Crippen LogP) is 5.24. The van der Waals surface area contributed by atoms with Crippen LogP contribution in [0, 0.1) is 0 Å². The largest absolute Gasteiger partial charge is 0.354 e. The monoisotopic (exact) mass is 295 g/mol. The highest BCUT2D eigenvalue weighted by Crippen LogP contribution is 2.35. The highest BCUT2D eigenvalue weighted by molar-refractivity contribution is 9.10. The summed E-state index contributed by atoms with van der Waals surface area (Å²) < 4.78 is 1.15. The Balaban J connectivity index is 2.40. The molecule has 0 spiro atoms. The van der Waals surface area contributed by atoms with Gasteiger partial charge in [0.2, 0.25) is 0 Å². The summed E-state index contributed by atoms with van der Waals surface area (Å²) in [6.45, 7) is 0. The standard InChI is InChI=1S/C16H10BrN/c17-12-6-3-4-10-8-9-14-16(15(10)12)11-5-1-2-7-13(11)18-14/h1-9,18H. The third-order valence-electron chi connectivity index (χ3n) is 3.46. The van der Waals surface area contributed by atoms with Crippen LogP contribution in [0.15, 0.2) is 59.1 Å². The van der Waals surface area contributed by atoms with Crippen molar-refractivity contribution in [1.82, 2.24) is 4.98 Å². The maximum atomic E-state index is 3.67. The van der Waals surface area contributed by atoms with E-state index in [0.29, 0.717) is 0 Å². The number of benzene rings is 3. The summed E-state index contributed by atoms with van der Waals surface area (Å²) in [4.78, 5) is 3.48. The molecule has 0 radical (unpaired) electrons. The van der Waals surface area contributed by atoms with Gasteiger partial charge in [0.25, 0.3) is 0 Å². The van der Waals surface area contributed by atoms with E-state index in [9.17, 15) is 0 Å². The molecule has 0 unspecified atom stereocenters. The first-order valence-corrected chi connectivity index (χ1v) is 6.71. The smallest absolute Gasteiger partial charge is 0.0471 e. The van der Waals surface area contributed by atoms with Crippen molar-refractivity contribution in [2.24, 2.45) is 0 Å². The second-order valence-electron chi connectivity index (χ2n) is 4.50. The lowest BCUT2D eigenvalue weighted by molar-refractivity contribution is 1.55. The molecule has 1 nitrogen and oxygen atoms in total. The molecule has 1 heterocycles. The lowest BCUT2D eigenvalue weighted by Gasteiger charge is -2.02. The van der Waals surface area contributed by atoms with E-state index in [4.69, 9.17) is 0 Å². The Kier molecular flexibility index (Phi) is 2.03. The Hall–Kier alpha value is -1.80. The molecule has 4 aromatic rings. The van der Waals surface area contributed by atoms with Crippen LogP contribution in [0.3, 0.4) is 0 Å². The fraction of sp³-hybridized carbons (Fsp3) is 0. The van der Waals surface area contributed by atoms with Crippen LogP contribution in [0.2, 0.25) is 0 Å². The van der Waals surface area contributed by atoms with E-state index in [1.54, 1.807) is 0 Å². The molecule has 0 fully saturated rings. The average Bonchev–Trinajstić information content (AvgIpc) is 2.77. The number of aromatic amines is 1.